The number of hydrogen-bond acceptors (Lipinski definition) is 2. The summed E-state index contributed by atoms with van der Waals surface area (Å²) < 4.78 is 0. The molecule has 3 heteroatoms. The first kappa shape index (κ1) is 9.97. The van der Waals surface area contributed by atoms with Gasteiger partial charge in [-0.15, -0.1) is 0 Å². The van der Waals surface area contributed by atoms with Crippen LogP contribution in [0.1, 0.15) is 39.0 Å². The van der Waals surface area contributed by atoms with Crippen LogP contribution in [0.25, 0.3) is 0 Å². The maximum atomic E-state index is 11.6. The summed E-state index contributed by atoms with van der Waals surface area (Å²) in [5.74, 6) is 0.124. The Morgan fingerprint density at radius 3 is 2.21 bits per heavy atom. The van der Waals surface area contributed by atoms with Crippen molar-refractivity contribution in [2.45, 2.75) is 45.1 Å². The summed E-state index contributed by atoms with van der Waals surface area (Å²) in [5.41, 5.74) is 6.21. The van der Waals surface area contributed by atoms with Crippen LogP contribution < -0.4 is 5.73 Å². The van der Waals surface area contributed by atoms with Crippen LogP contribution in [0.3, 0.4) is 0 Å². The lowest BCUT2D eigenvalue weighted by Crippen LogP contribution is -2.50. The van der Waals surface area contributed by atoms with Crippen LogP contribution in [0.2, 0.25) is 0 Å². The summed E-state index contributed by atoms with van der Waals surface area (Å²) in [7, 11) is 0. The van der Waals surface area contributed by atoms with Crippen molar-refractivity contribution in [2.24, 2.45) is 11.1 Å². The highest BCUT2D eigenvalue weighted by molar-refractivity contribution is 5.81. The summed E-state index contributed by atoms with van der Waals surface area (Å²) in [6, 6.07) is -0.328. The average Bonchev–Trinajstić information content (AvgIpc) is 2.14. The Morgan fingerprint density at radius 2 is 1.86 bits per heavy atom. The van der Waals surface area contributed by atoms with Crippen molar-refractivity contribution in [1.82, 2.24) is 4.90 Å². The minimum Gasteiger partial charge on any atom is -0.341 e. The van der Waals surface area contributed by atoms with Crippen LogP contribution in [0.5, 0.6) is 0 Å². The van der Waals surface area contributed by atoms with Crippen molar-refractivity contribution in [3.63, 3.8) is 0 Å². The predicted octanol–water partition coefficient (Wildman–Crippen LogP) is 1.13. The fourth-order valence-corrected chi connectivity index (χ4v) is 2.67. The third-order valence-corrected chi connectivity index (χ3v) is 3.94. The number of nitrogens with two attached hydrogens (primary N) is 1. The number of rotatable bonds is 1. The molecule has 1 amide bonds. The van der Waals surface area contributed by atoms with E-state index in [0.29, 0.717) is 5.41 Å². The summed E-state index contributed by atoms with van der Waals surface area (Å²) in [4.78, 5) is 13.6. The van der Waals surface area contributed by atoms with E-state index in [9.17, 15) is 4.79 Å². The summed E-state index contributed by atoms with van der Waals surface area (Å²) in [6.07, 6.45) is 6.55. The first-order valence-electron chi connectivity index (χ1n) is 5.67. The molecule has 1 aliphatic carbocycles. The normalized spacial score (nSPS) is 27.1. The third-order valence-electron chi connectivity index (χ3n) is 3.94. The van der Waals surface area contributed by atoms with E-state index in [4.69, 9.17) is 5.73 Å². The smallest absolute Gasteiger partial charge is 0.239 e. The lowest BCUT2D eigenvalue weighted by Gasteiger charge is -2.48. The molecule has 0 bridgehead atoms. The van der Waals surface area contributed by atoms with Gasteiger partial charge < -0.3 is 10.6 Å². The summed E-state index contributed by atoms with van der Waals surface area (Å²) in [5, 5.41) is 0. The molecule has 1 heterocycles. The molecule has 2 aliphatic rings. The largest absolute Gasteiger partial charge is 0.341 e. The van der Waals surface area contributed by atoms with Gasteiger partial charge in [-0.1, -0.05) is 6.42 Å². The van der Waals surface area contributed by atoms with Gasteiger partial charge in [-0.25, -0.2) is 0 Å². The second-order valence-corrected chi connectivity index (χ2v) is 4.97. The summed E-state index contributed by atoms with van der Waals surface area (Å²) >= 11 is 0. The molecule has 1 atom stereocenters. The van der Waals surface area contributed by atoms with Crippen molar-refractivity contribution >= 4 is 5.91 Å². The average molecular weight is 196 g/mol. The molecule has 3 nitrogen and oxygen atoms in total. The molecule has 2 rings (SSSR count). The van der Waals surface area contributed by atoms with E-state index >= 15 is 0 Å². The van der Waals surface area contributed by atoms with Gasteiger partial charge in [0.25, 0.3) is 0 Å². The fraction of sp³-hybridized carbons (Fsp3) is 0.909. The molecule has 0 aromatic rings. The van der Waals surface area contributed by atoms with Crippen LogP contribution in [-0.4, -0.2) is 29.9 Å². The lowest BCUT2D eigenvalue weighted by atomic mass is 9.63. The minimum atomic E-state index is -0.328. The first-order chi connectivity index (χ1) is 6.63. The van der Waals surface area contributed by atoms with Crippen molar-refractivity contribution in [2.75, 3.05) is 13.1 Å². The van der Waals surface area contributed by atoms with Crippen molar-refractivity contribution in [1.29, 1.82) is 0 Å². The van der Waals surface area contributed by atoms with E-state index < -0.39 is 0 Å². The molecule has 1 saturated carbocycles. The van der Waals surface area contributed by atoms with Gasteiger partial charge in [0.15, 0.2) is 0 Å². The Kier molecular flexibility index (Phi) is 2.52. The Morgan fingerprint density at radius 1 is 1.29 bits per heavy atom. The SMILES string of the molecule is C[C@H](N)C(=O)N1CCC2(CCC2)CC1. The second-order valence-electron chi connectivity index (χ2n) is 4.97. The molecule has 2 fully saturated rings. The van der Waals surface area contributed by atoms with Gasteiger partial charge in [0.2, 0.25) is 5.91 Å². The van der Waals surface area contributed by atoms with Crippen molar-refractivity contribution < 1.29 is 4.79 Å². The highest BCUT2D eigenvalue weighted by Crippen LogP contribution is 2.48. The van der Waals surface area contributed by atoms with Crippen LogP contribution >= 0.6 is 0 Å². The zero-order chi connectivity index (χ0) is 10.2. The number of amides is 1. The van der Waals surface area contributed by atoms with Gasteiger partial charge in [-0.05, 0) is 38.0 Å². The highest BCUT2D eigenvalue weighted by atomic mass is 16.2. The molecule has 80 valence electrons. The van der Waals surface area contributed by atoms with Gasteiger partial charge in [0, 0.05) is 13.1 Å². The third kappa shape index (κ3) is 1.65. The van der Waals surface area contributed by atoms with Crippen LogP contribution in [0.15, 0.2) is 0 Å². The monoisotopic (exact) mass is 196 g/mol. The summed E-state index contributed by atoms with van der Waals surface area (Å²) in [6.45, 7) is 3.64. The van der Waals surface area contributed by atoms with E-state index in [1.165, 1.54) is 32.1 Å². The van der Waals surface area contributed by atoms with Crippen molar-refractivity contribution in [3.8, 4) is 0 Å². The Balaban J connectivity index is 1.86. The maximum absolute atomic E-state index is 11.6. The second kappa shape index (κ2) is 3.54. The molecular weight excluding hydrogens is 176 g/mol. The fourth-order valence-electron chi connectivity index (χ4n) is 2.67. The zero-order valence-electron chi connectivity index (χ0n) is 8.96. The van der Waals surface area contributed by atoms with Gasteiger partial charge in [0.05, 0.1) is 6.04 Å². The van der Waals surface area contributed by atoms with E-state index in [1.807, 2.05) is 4.90 Å². The molecule has 1 spiro atoms. The number of carbonyl (C=O) groups is 1. The zero-order valence-corrected chi connectivity index (χ0v) is 8.96. The molecule has 2 N–H and O–H groups in total. The Labute approximate surface area is 85.6 Å². The molecule has 14 heavy (non-hydrogen) atoms. The van der Waals surface area contributed by atoms with Crippen LogP contribution in [0.4, 0.5) is 0 Å². The van der Waals surface area contributed by atoms with Gasteiger partial charge >= 0.3 is 0 Å². The number of hydrogen-bond donors (Lipinski definition) is 1. The number of nitrogens with zero attached hydrogens (tertiary/aromatic N) is 1. The van der Waals surface area contributed by atoms with E-state index in [-0.39, 0.29) is 11.9 Å². The molecule has 0 aromatic carbocycles. The van der Waals surface area contributed by atoms with Crippen LogP contribution in [0, 0.1) is 5.41 Å². The molecular formula is C11H20N2O. The number of likely N-dealkylation sites (tertiary alicyclic amines) is 1. The Bertz CT molecular complexity index is 223. The predicted molar refractivity (Wildman–Crippen MR) is 55.7 cm³/mol. The first-order valence-corrected chi connectivity index (χ1v) is 5.67. The van der Waals surface area contributed by atoms with Crippen LogP contribution in [-0.2, 0) is 4.79 Å². The van der Waals surface area contributed by atoms with Gasteiger partial charge in [-0.3, -0.25) is 4.79 Å². The molecule has 0 unspecified atom stereocenters. The Hall–Kier alpha value is -0.570. The van der Waals surface area contributed by atoms with E-state index in [1.54, 1.807) is 6.92 Å². The van der Waals surface area contributed by atoms with Gasteiger partial charge in [-0.2, -0.15) is 0 Å². The lowest BCUT2D eigenvalue weighted by molar-refractivity contribution is -0.135. The molecule has 0 radical (unpaired) electrons. The van der Waals surface area contributed by atoms with Crippen molar-refractivity contribution in [3.05, 3.63) is 0 Å². The molecule has 0 aromatic heterocycles. The quantitative estimate of drug-likeness (QED) is 0.683. The standard InChI is InChI=1S/C11H20N2O/c1-9(12)10(14)13-7-5-11(6-8-13)3-2-4-11/h9H,2-8,12H2,1H3/t9-/m0/s1. The topological polar surface area (TPSA) is 46.3 Å². The molecule has 1 aliphatic heterocycles. The van der Waals surface area contributed by atoms with E-state index in [0.717, 1.165) is 13.1 Å². The number of piperidine rings is 1. The van der Waals surface area contributed by atoms with Gasteiger partial charge in [0.1, 0.15) is 0 Å². The minimum absolute atomic E-state index is 0.124. The van der Waals surface area contributed by atoms with E-state index in [2.05, 4.69) is 0 Å². The highest BCUT2D eigenvalue weighted by Gasteiger charge is 2.40. The maximum Gasteiger partial charge on any atom is 0.239 e. The molecule has 1 saturated heterocycles. The number of carbonyl (C=O) groups excluding carboxylic acids is 1.